The number of aromatic nitrogens is 1. The first-order valence-electron chi connectivity index (χ1n) is 9.17. The van der Waals surface area contributed by atoms with Crippen molar-refractivity contribution in [3.05, 3.63) is 76.1 Å². The molecule has 1 fully saturated rings. The average Bonchev–Trinajstić information content (AvgIpc) is 2.73. The highest BCUT2D eigenvalue weighted by Gasteiger charge is 2.26. The lowest BCUT2D eigenvalue weighted by molar-refractivity contribution is -0.383. The fourth-order valence-electron chi connectivity index (χ4n) is 3.68. The van der Waals surface area contributed by atoms with Crippen LogP contribution in [0.1, 0.15) is 16.1 Å². The molecular formula is C21H20N4O3. The molecule has 0 atom stereocenters. The Morgan fingerprint density at radius 1 is 1.04 bits per heavy atom. The Morgan fingerprint density at radius 3 is 2.43 bits per heavy atom. The van der Waals surface area contributed by atoms with Crippen molar-refractivity contribution in [3.63, 3.8) is 0 Å². The molecule has 1 amide bonds. The van der Waals surface area contributed by atoms with Crippen LogP contribution in [0.15, 0.2) is 54.7 Å². The van der Waals surface area contributed by atoms with Gasteiger partial charge in [-0.3, -0.25) is 19.9 Å². The summed E-state index contributed by atoms with van der Waals surface area (Å²) in [7, 11) is 0. The number of nitrogens with zero attached hydrogens (tertiary/aromatic N) is 4. The zero-order valence-electron chi connectivity index (χ0n) is 15.5. The molecule has 7 heteroatoms. The molecule has 1 aliphatic rings. The number of benzene rings is 2. The Labute approximate surface area is 162 Å². The van der Waals surface area contributed by atoms with Gasteiger partial charge in [0.25, 0.3) is 11.6 Å². The van der Waals surface area contributed by atoms with Gasteiger partial charge in [-0.25, -0.2) is 0 Å². The highest BCUT2D eigenvalue weighted by molar-refractivity contribution is 6.07. The van der Waals surface area contributed by atoms with Crippen LogP contribution in [0.4, 0.5) is 11.4 Å². The third-order valence-corrected chi connectivity index (χ3v) is 5.09. The zero-order chi connectivity index (χ0) is 19.7. The molecule has 4 rings (SSSR count). The molecule has 0 spiro atoms. The van der Waals surface area contributed by atoms with E-state index >= 15 is 0 Å². The van der Waals surface area contributed by atoms with Crippen LogP contribution in [0.5, 0.6) is 0 Å². The van der Waals surface area contributed by atoms with Crippen molar-refractivity contribution in [3.8, 4) is 0 Å². The highest BCUT2D eigenvalue weighted by atomic mass is 16.6. The molecule has 2 heterocycles. The molecule has 0 saturated carbocycles. The minimum absolute atomic E-state index is 0.000321. The van der Waals surface area contributed by atoms with Crippen LogP contribution in [0.25, 0.3) is 10.8 Å². The van der Waals surface area contributed by atoms with E-state index in [4.69, 9.17) is 0 Å². The van der Waals surface area contributed by atoms with Gasteiger partial charge in [-0.05, 0) is 36.8 Å². The maximum absolute atomic E-state index is 13.1. The van der Waals surface area contributed by atoms with Crippen molar-refractivity contribution in [2.75, 3.05) is 31.1 Å². The standard InChI is InChI=1S/C21H20N4O3/c1-15-13-18-17(19(14-15)25(27)28)7-8-22-20(18)21(26)24-11-9-23(10-12-24)16-5-3-2-4-6-16/h2-8,13-14H,9-12H2,1H3. The summed E-state index contributed by atoms with van der Waals surface area (Å²) in [4.78, 5) is 32.4. The number of aryl methyl sites for hydroxylation is 1. The fraction of sp³-hybridized carbons (Fsp3) is 0.238. The van der Waals surface area contributed by atoms with Crippen molar-refractivity contribution in [2.24, 2.45) is 0 Å². The van der Waals surface area contributed by atoms with Gasteiger partial charge in [0.1, 0.15) is 5.69 Å². The van der Waals surface area contributed by atoms with E-state index in [1.54, 1.807) is 24.0 Å². The van der Waals surface area contributed by atoms with Crippen molar-refractivity contribution < 1.29 is 9.72 Å². The third-order valence-electron chi connectivity index (χ3n) is 5.09. The SMILES string of the molecule is Cc1cc([N+](=O)[O-])c2ccnc(C(=O)N3CCN(c4ccccc4)CC3)c2c1. The van der Waals surface area contributed by atoms with Crippen LogP contribution in [-0.2, 0) is 0 Å². The maximum atomic E-state index is 13.1. The van der Waals surface area contributed by atoms with Gasteiger partial charge in [-0.15, -0.1) is 0 Å². The molecule has 0 radical (unpaired) electrons. The number of amides is 1. The lowest BCUT2D eigenvalue weighted by Crippen LogP contribution is -2.49. The minimum atomic E-state index is -0.414. The number of carbonyl (C=O) groups is 1. The quantitative estimate of drug-likeness (QED) is 0.517. The first-order chi connectivity index (χ1) is 13.5. The third kappa shape index (κ3) is 3.26. The minimum Gasteiger partial charge on any atom is -0.368 e. The Kier molecular flexibility index (Phi) is 4.65. The predicted octanol–water partition coefficient (Wildman–Crippen LogP) is 3.41. The Balaban J connectivity index is 1.61. The molecule has 1 aliphatic heterocycles. The van der Waals surface area contributed by atoms with Crippen LogP contribution in [0.2, 0.25) is 0 Å². The number of carbonyl (C=O) groups excluding carboxylic acids is 1. The lowest BCUT2D eigenvalue weighted by atomic mass is 10.0. The van der Waals surface area contributed by atoms with Crippen molar-refractivity contribution >= 4 is 28.1 Å². The molecule has 3 aromatic rings. The molecule has 7 nitrogen and oxygen atoms in total. The molecule has 1 saturated heterocycles. The van der Waals surface area contributed by atoms with E-state index in [0.717, 1.165) is 24.3 Å². The van der Waals surface area contributed by atoms with Gasteiger partial charge in [0.05, 0.1) is 10.3 Å². The molecule has 0 bridgehead atoms. The summed E-state index contributed by atoms with van der Waals surface area (Å²) in [6.45, 7) is 4.42. The van der Waals surface area contributed by atoms with Gasteiger partial charge in [0.2, 0.25) is 0 Å². The summed E-state index contributed by atoms with van der Waals surface area (Å²) < 4.78 is 0. The average molecular weight is 376 g/mol. The molecule has 2 aromatic carbocycles. The van der Waals surface area contributed by atoms with E-state index in [2.05, 4.69) is 22.0 Å². The molecule has 1 aromatic heterocycles. The van der Waals surface area contributed by atoms with Crippen LogP contribution in [0.3, 0.4) is 0 Å². The summed E-state index contributed by atoms with van der Waals surface area (Å²) in [6, 6.07) is 15.0. The molecule has 0 aliphatic carbocycles. The Bertz CT molecular complexity index is 1040. The molecule has 0 unspecified atom stereocenters. The second-order valence-corrected chi connectivity index (χ2v) is 6.91. The van der Waals surface area contributed by atoms with E-state index < -0.39 is 4.92 Å². The van der Waals surface area contributed by atoms with E-state index in [0.29, 0.717) is 23.9 Å². The molecule has 142 valence electrons. The van der Waals surface area contributed by atoms with E-state index in [9.17, 15) is 14.9 Å². The number of hydrogen-bond donors (Lipinski definition) is 0. The van der Waals surface area contributed by atoms with Crippen molar-refractivity contribution in [1.82, 2.24) is 9.88 Å². The van der Waals surface area contributed by atoms with Gasteiger partial charge in [0, 0.05) is 49.5 Å². The summed E-state index contributed by atoms with van der Waals surface area (Å²) >= 11 is 0. The smallest absolute Gasteiger partial charge is 0.277 e. The normalized spacial score (nSPS) is 14.3. The van der Waals surface area contributed by atoms with Crippen molar-refractivity contribution in [2.45, 2.75) is 6.92 Å². The number of piperazine rings is 1. The first-order valence-corrected chi connectivity index (χ1v) is 9.17. The van der Waals surface area contributed by atoms with Crippen LogP contribution in [0, 0.1) is 17.0 Å². The second-order valence-electron chi connectivity index (χ2n) is 6.91. The Morgan fingerprint density at radius 2 is 1.75 bits per heavy atom. The monoisotopic (exact) mass is 376 g/mol. The number of pyridine rings is 1. The van der Waals surface area contributed by atoms with Crippen LogP contribution in [-0.4, -0.2) is 46.9 Å². The molecular weight excluding hydrogens is 356 g/mol. The summed E-state index contributed by atoms with van der Waals surface area (Å²) in [5.74, 6) is -0.182. The number of para-hydroxylation sites is 1. The number of nitro groups is 1. The first kappa shape index (κ1) is 17.9. The summed E-state index contributed by atoms with van der Waals surface area (Å²) in [5, 5.41) is 12.4. The number of non-ortho nitro benzene ring substituents is 1. The van der Waals surface area contributed by atoms with Crippen LogP contribution < -0.4 is 4.90 Å². The second kappa shape index (κ2) is 7.26. The largest absolute Gasteiger partial charge is 0.368 e. The number of rotatable bonds is 3. The summed E-state index contributed by atoms with van der Waals surface area (Å²) in [5.41, 5.74) is 2.15. The predicted molar refractivity (Wildman–Crippen MR) is 108 cm³/mol. The highest BCUT2D eigenvalue weighted by Crippen LogP contribution is 2.29. The van der Waals surface area contributed by atoms with Crippen molar-refractivity contribution in [1.29, 1.82) is 0 Å². The molecule has 0 N–H and O–H groups in total. The van der Waals surface area contributed by atoms with E-state index in [1.165, 1.54) is 12.3 Å². The van der Waals surface area contributed by atoms with Gasteiger partial charge in [-0.1, -0.05) is 18.2 Å². The number of nitro benzene ring substituents is 1. The van der Waals surface area contributed by atoms with E-state index in [-0.39, 0.29) is 17.3 Å². The summed E-state index contributed by atoms with van der Waals surface area (Å²) in [6.07, 6.45) is 1.47. The molecule has 28 heavy (non-hydrogen) atoms. The number of hydrogen-bond acceptors (Lipinski definition) is 5. The fourth-order valence-corrected chi connectivity index (χ4v) is 3.68. The zero-order valence-corrected chi connectivity index (χ0v) is 15.5. The van der Waals surface area contributed by atoms with Gasteiger partial charge >= 0.3 is 0 Å². The Hall–Kier alpha value is -3.48. The number of anilines is 1. The van der Waals surface area contributed by atoms with Crippen LogP contribution >= 0.6 is 0 Å². The topological polar surface area (TPSA) is 79.6 Å². The van der Waals surface area contributed by atoms with Gasteiger partial charge < -0.3 is 9.80 Å². The lowest BCUT2D eigenvalue weighted by Gasteiger charge is -2.36. The maximum Gasteiger partial charge on any atom is 0.277 e. The number of fused-ring (bicyclic) bond motifs is 1. The van der Waals surface area contributed by atoms with Gasteiger partial charge in [-0.2, -0.15) is 0 Å². The van der Waals surface area contributed by atoms with E-state index in [1.807, 2.05) is 18.2 Å². The van der Waals surface area contributed by atoms with Gasteiger partial charge in [0.15, 0.2) is 0 Å².